The molecule has 1 aromatic heterocycles. The van der Waals surface area contributed by atoms with E-state index in [1.165, 1.54) is 22.3 Å². The first-order valence-corrected chi connectivity index (χ1v) is 8.35. The van der Waals surface area contributed by atoms with Crippen LogP contribution >= 0.6 is 39.0 Å². The minimum absolute atomic E-state index is 0.611. The minimum atomic E-state index is 0.611. The van der Waals surface area contributed by atoms with Gasteiger partial charge < -0.3 is 4.90 Å². The molecular weight excluding hydrogens is 292 g/mol. The van der Waals surface area contributed by atoms with Gasteiger partial charge in [-0.2, -0.15) is 11.8 Å². The molecule has 2 rings (SSSR count). The fourth-order valence-corrected chi connectivity index (χ4v) is 4.58. The first kappa shape index (κ1) is 11.7. The van der Waals surface area contributed by atoms with Crippen LogP contribution in [0.15, 0.2) is 5.38 Å². The van der Waals surface area contributed by atoms with Gasteiger partial charge in [-0.15, -0.1) is 11.3 Å². The summed E-state index contributed by atoms with van der Waals surface area (Å²) in [5.41, 5.74) is 1.22. The van der Waals surface area contributed by atoms with Gasteiger partial charge in [0.15, 0.2) is 5.13 Å². The molecule has 0 aliphatic carbocycles. The van der Waals surface area contributed by atoms with Crippen LogP contribution in [0.2, 0.25) is 0 Å². The average molecular weight is 307 g/mol. The highest BCUT2D eigenvalue weighted by Gasteiger charge is 2.23. The van der Waals surface area contributed by atoms with Crippen molar-refractivity contribution < 1.29 is 0 Å². The van der Waals surface area contributed by atoms with Gasteiger partial charge in [-0.05, 0) is 6.42 Å². The van der Waals surface area contributed by atoms with Crippen LogP contribution in [-0.2, 0) is 6.42 Å². The average Bonchev–Trinajstić information content (AvgIpc) is 2.77. The molecule has 84 valence electrons. The predicted octanol–water partition coefficient (Wildman–Crippen LogP) is 3.02. The Morgan fingerprint density at radius 2 is 2.53 bits per heavy atom. The highest BCUT2D eigenvalue weighted by atomic mass is 79.9. The monoisotopic (exact) mass is 306 g/mol. The topological polar surface area (TPSA) is 16.1 Å². The zero-order chi connectivity index (χ0) is 10.7. The number of rotatable bonds is 3. The molecule has 0 amide bonds. The Morgan fingerprint density at radius 1 is 1.67 bits per heavy atom. The molecule has 0 spiro atoms. The van der Waals surface area contributed by atoms with Crippen LogP contribution in [-0.4, -0.2) is 34.4 Å². The summed E-state index contributed by atoms with van der Waals surface area (Å²) in [5, 5.41) is 4.43. The lowest BCUT2D eigenvalue weighted by Gasteiger charge is -2.34. The van der Waals surface area contributed by atoms with E-state index in [-0.39, 0.29) is 0 Å². The van der Waals surface area contributed by atoms with Gasteiger partial charge in [-0.1, -0.05) is 22.9 Å². The van der Waals surface area contributed by atoms with Gasteiger partial charge in [0.05, 0.1) is 5.69 Å². The molecule has 0 aromatic carbocycles. The number of aryl methyl sites for hydroxylation is 1. The molecule has 0 saturated carbocycles. The van der Waals surface area contributed by atoms with Crippen LogP contribution in [0.4, 0.5) is 5.13 Å². The molecule has 0 N–H and O–H groups in total. The Bertz CT molecular complexity index is 316. The minimum Gasteiger partial charge on any atom is -0.343 e. The zero-order valence-electron chi connectivity index (χ0n) is 8.78. The maximum atomic E-state index is 4.66. The lowest BCUT2D eigenvalue weighted by Crippen LogP contribution is -2.43. The van der Waals surface area contributed by atoms with Crippen LogP contribution < -0.4 is 4.90 Å². The Labute approximate surface area is 108 Å². The Morgan fingerprint density at radius 3 is 3.20 bits per heavy atom. The van der Waals surface area contributed by atoms with Crippen LogP contribution in [0.5, 0.6) is 0 Å². The third-order valence-electron chi connectivity index (χ3n) is 2.55. The molecule has 1 aliphatic heterocycles. The largest absolute Gasteiger partial charge is 0.343 e. The third kappa shape index (κ3) is 2.68. The molecule has 15 heavy (non-hydrogen) atoms. The second kappa shape index (κ2) is 5.55. The molecule has 1 saturated heterocycles. The van der Waals surface area contributed by atoms with E-state index in [1.54, 1.807) is 11.3 Å². The number of hydrogen-bond donors (Lipinski definition) is 0. The summed E-state index contributed by atoms with van der Waals surface area (Å²) in [7, 11) is 0. The molecule has 1 aromatic rings. The van der Waals surface area contributed by atoms with E-state index in [4.69, 9.17) is 0 Å². The van der Waals surface area contributed by atoms with Crippen LogP contribution in [0.3, 0.4) is 0 Å². The Hall–Kier alpha value is 0.260. The zero-order valence-corrected chi connectivity index (χ0v) is 12.0. The standard InChI is InChI=1S/C10H15BrN2S2/c1-2-8-6-15-10(12-8)13-3-4-14-7-9(13)5-11/h6,9H,2-5,7H2,1H3. The van der Waals surface area contributed by atoms with Gasteiger partial charge >= 0.3 is 0 Å². The molecule has 1 unspecified atom stereocenters. The number of aromatic nitrogens is 1. The number of alkyl halides is 1. The van der Waals surface area contributed by atoms with E-state index in [0.29, 0.717) is 6.04 Å². The predicted molar refractivity (Wildman–Crippen MR) is 73.7 cm³/mol. The number of hydrogen-bond acceptors (Lipinski definition) is 4. The highest BCUT2D eigenvalue weighted by Crippen LogP contribution is 2.28. The number of thiazole rings is 1. The fraction of sp³-hybridized carbons (Fsp3) is 0.700. The number of thioether (sulfide) groups is 1. The van der Waals surface area contributed by atoms with E-state index in [9.17, 15) is 0 Å². The van der Waals surface area contributed by atoms with Gasteiger partial charge in [0.25, 0.3) is 0 Å². The quantitative estimate of drug-likeness (QED) is 0.799. The van der Waals surface area contributed by atoms with E-state index in [1.807, 2.05) is 11.8 Å². The Balaban J connectivity index is 2.12. The summed E-state index contributed by atoms with van der Waals surface area (Å²) in [4.78, 5) is 7.12. The third-order valence-corrected chi connectivity index (χ3v) is 5.32. The molecule has 2 nitrogen and oxygen atoms in total. The molecule has 2 heterocycles. The molecular formula is C10H15BrN2S2. The SMILES string of the molecule is CCc1csc(N2CCSCC2CBr)n1. The van der Waals surface area contributed by atoms with Crippen molar-refractivity contribution in [1.82, 2.24) is 4.98 Å². The van der Waals surface area contributed by atoms with Crippen molar-refractivity contribution in [1.29, 1.82) is 0 Å². The molecule has 5 heteroatoms. The first-order chi connectivity index (χ1) is 7.35. The van der Waals surface area contributed by atoms with Gasteiger partial charge in [0.2, 0.25) is 0 Å². The number of anilines is 1. The van der Waals surface area contributed by atoms with Crippen LogP contribution in [0.25, 0.3) is 0 Å². The van der Waals surface area contributed by atoms with Gasteiger partial charge in [-0.3, -0.25) is 0 Å². The van der Waals surface area contributed by atoms with Gasteiger partial charge in [0.1, 0.15) is 0 Å². The lowest BCUT2D eigenvalue weighted by molar-refractivity contribution is 0.707. The maximum absolute atomic E-state index is 4.66. The first-order valence-electron chi connectivity index (χ1n) is 5.20. The molecule has 1 fully saturated rings. The maximum Gasteiger partial charge on any atom is 0.185 e. The summed E-state index contributed by atoms with van der Waals surface area (Å²) >= 11 is 7.42. The van der Waals surface area contributed by atoms with E-state index >= 15 is 0 Å². The van der Waals surface area contributed by atoms with Crippen LogP contribution in [0.1, 0.15) is 12.6 Å². The Kier molecular flexibility index (Phi) is 4.34. The summed E-state index contributed by atoms with van der Waals surface area (Å²) < 4.78 is 0. The van der Waals surface area contributed by atoms with Crippen molar-refractivity contribution in [3.63, 3.8) is 0 Å². The van der Waals surface area contributed by atoms with Crippen molar-refractivity contribution in [3.05, 3.63) is 11.1 Å². The number of halogens is 1. The van der Waals surface area contributed by atoms with Crippen molar-refractivity contribution in [2.24, 2.45) is 0 Å². The van der Waals surface area contributed by atoms with Crippen LogP contribution in [0, 0.1) is 0 Å². The highest BCUT2D eigenvalue weighted by molar-refractivity contribution is 9.09. The van der Waals surface area contributed by atoms with Crippen molar-refractivity contribution >= 4 is 44.2 Å². The summed E-state index contributed by atoms with van der Waals surface area (Å²) in [6.07, 6.45) is 1.04. The molecule has 0 bridgehead atoms. The lowest BCUT2D eigenvalue weighted by atomic mass is 10.3. The van der Waals surface area contributed by atoms with Crippen molar-refractivity contribution in [2.75, 3.05) is 28.3 Å². The van der Waals surface area contributed by atoms with E-state index in [2.05, 4.69) is 38.1 Å². The second-order valence-electron chi connectivity index (χ2n) is 3.55. The van der Waals surface area contributed by atoms with Crippen molar-refractivity contribution in [3.8, 4) is 0 Å². The molecule has 1 aliphatic rings. The van der Waals surface area contributed by atoms with Gasteiger partial charge in [-0.25, -0.2) is 4.98 Å². The smallest absolute Gasteiger partial charge is 0.185 e. The molecule has 0 radical (unpaired) electrons. The number of nitrogens with zero attached hydrogens (tertiary/aromatic N) is 2. The summed E-state index contributed by atoms with van der Waals surface area (Å²) in [6, 6.07) is 0.611. The van der Waals surface area contributed by atoms with Crippen molar-refractivity contribution in [2.45, 2.75) is 19.4 Å². The van der Waals surface area contributed by atoms with E-state index in [0.717, 1.165) is 18.3 Å². The van der Waals surface area contributed by atoms with E-state index < -0.39 is 0 Å². The fourth-order valence-electron chi connectivity index (χ4n) is 1.63. The van der Waals surface area contributed by atoms with Gasteiger partial charge in [0, 0.05) is 34.8 Å². The summed E-state index contributed by atoms with van der Waals surface area (Å²) in [6.45, 7) is 3.30. The normalized spacial score (nSPS) is 22.0. The molecule has 1 atom stereocenters. The summed E-state index contributed by atoms with van der Waals surface area (Å²) in [5.74, 6) is 2.44. The second-order valence-corrected chi connectivity index (χ2v) is 6.19.